The van der Waals surface area contributed by atoms with Gasteiger partial charge in [0.15, 0.2) is 5.82 Å². The number of rotatable bonds is 4. The van der Waals surface area contributed by atoms with Gasteiger partial charge in [0.2, 0.25) is 5.95 Å². The van der Waals surface area contributed by atoms with Crippen LogP contribution in [0, 0.1) is 17.1 Å². The van der Waals surface area contributed by atoms with Crippen molar-refractivity contribution in [2.24, 2.45) is 5.10 Å². The molecule has 0 aliphatic carbocycles. The molecule has 1 heterocycles. The van der Waals surface area contributed by atoms with Gasteiger partial charge in [-0.25, -0.2) is 14.8 Å². The predicted octanol–water partition coefficient (Wildman–Crippen LogP) is 4.57. The summed E-state index contributed by atoms with van der Waals surface area (Å²) in [5, 5.41) is 12.2. The van der Waals surface area contributed by atoms with Crippen LogP contribution in [0.1, 0.15) is 16.7 Å². The lowest BCUT2D eigenvalue weighted by atomic mass is 10.1. The molecule has 0 aliphatic heterocycles. The number of H-pyrrole nitrogens is 1. The highest BCUT2D eigenvalue weighted by molar-refractivity contribution is 6.31. The van der Waals surface area contributed by atoms with E-state index < -0.39 is 28.1 Å². The Bertz CT molecular complexity index is 1220. The quantitative estimate of drug-likeness (QED) is 0.357. The van der Waals surface area contributed by atoms with Crippen molar-refractivity contribution in [1.29, 1.82) is 5.26 Å². The maximum atomic E-state index is 13.6. The van der Waals surface area contributed by atoms with Crippen LogP contribution in [0.2, 0.25) is 5.02 Å². The Hall–Kier alpha value is -3.71. The summed E-state index contributed by atoms with van der Waals surface area (Å²) in [5.74, 6) is -1.74. The molecule has 3 rings (SSSR count). The summed E-state index contributed by atoms with van der Waals surface area (Å²) in [7, 11) is 0. The van der Waals surface area contributed by atoms with E-state index in [1.165, 1.54) is 0 Å². The molecule has 0 radical (unpaired) electrons. The van der Waals surface area contributed by atoms with Crippen LogP contribution in [0.4, 0.5) is 23.5 Å². The van der Waals surface area contributed by atoms with Crippen molar-refractivity contribution in [2.75, 3.05) is 5.43 Å². The van der Waals surface area contributed by atoms with Gasteiger partial charge >= 0.3 is 6.18 Å². The minimum absolute atomic E-state index is 0.101. The zero-order chi connectivity index (χ0) is 21.9. The van der Waals surface area contributed by atoms with Crippen molar-refractivity contribution in [3.63, 3.8) is 0 Å². The summed E-state index contributed by atoms with van der Waals surface area (Å²) >= 11 is 5.52. The number of nitrogens with one attached hydrogen (secondary N) is 2. The van der Waals surface area contributed by atoms with Crippen molar-refractivity contribution in [3.05, 3.63) is 80.3 Å². The molecule has 0 saturated heterocycles. The molecule has 1 aromatic heterocycles. The second-order valence-corrected chi connectivity index (χ2v) is 6.26. The number of nitrogens with zero attached hydrogens (tertiary/aromatic N) is 3. The van der Waals surface area contributed by atoms with E-state index in [1.807, 2.05) is 0 Å². The van der Waals surface area contributed by atoms with Crippen molar-refractivity contribution in [3.8, 4) is 17.3 Å². The molecular weight excluding hydrogens is 426 g/mol. The molecule has 6 nitrogen and oxygen atoms in total. The lowest BCUT2D eigenvalue weighted by Gasteiger charge is -2.10. The molecule has 0 spiro atoms. The summed E-state index contributed by atoms with van der Waals surface area (Å²) in [6.45, 7) is 0. The third kappa shape index (κ3) is 4.47. The summed E-state index contributed by atoms with van der Waals surface area (Å²) in [5.41, 5.74) is 0.357. The Morgan fingerprint density at radius 2 is 1.93 bits per heavy atom. The van der Waals surface area contributed by atoms with Crippen molar-refractivity contribution in [2.45, 2.75) is 6.18 Å². The van der Waals surface area contributed by atoms with Gasteiger partial charge in [0, 0.05) is 5.56 Å². The minimum Gasteiger partial charge on any atom is -0.290 e. The molecule has 2 aromatic carbocycles. The van der Waals surface area contributed by atoms with Gasteiger partial charge in [-0.2, -0.15) is 23.5 Å². The van der Waals surface area contributed by atoms with Gasteiger partial charge < -0.3 is 0 Å². The SMILES string of the molecule is N#Cc1c(-c2ccccc2)nc(NN=Cc2cc(Cl)c(F)c(C(F)(F)F)c2)[nH]c1=O. The number of aromatic amines is 1. The van der Waals surface area contributed by atoms with E-state index in [4.69, 9.17) is 11.6 Å². The Kier molecular flexibility index (Phi) is 5.84. The minimum atomic E-state index is -4.94. The van der Waals surface area contributed by atoms with E-state index in [1.54, 1.807) is 36.4 Å². The number of alkyl halides is 3. The van der Waals surface area contributed by atoms with Crippen molar-refractivity contribution in [1.82, 2.24) is 9.97 Å². The highest BCUT2D eigenvalue weighted by atomic mass is 35.5. The van der Waals surface area contributed by atoms with Gasteiger partial charge in [-0.15, -0.1) is 0 Å². The standard InChI is InChI=1S/C19H10ClF4N5O/c20-14-7-10(6-13(15(14)21)19(22,23)24)9-26-29-18-27-16(11-4-2-1-3-5-11)12(8-25)17(30)28-18/h1-7,9H,(H2,27,28,29,30). The van der Waals surface area contributed by atoms with E-state index in [0.717, 1.165) is 12.3 Å². The highest BCUT2D eigenvalue weighted by Gasteiger charge is 2.35. The Labute approximate surface area is 171 Å². The average molecular weight is 436 g/mol. The number of halogens is 5. The summed E-state index contributed by atoms with van der Waals surface area (Å²) in [6.07, 6.45) is -3.99. The van der Waals surface area contributed by atoms with Gasteiger partial charge in [0.1, 0.15) is 11.6 Å². The second-order valence-electron chi connectivity index (χ2n) is 5.85. The normalized spacial score (nSPS) is 11.5. The molecule has 2 N–H and O–H groups in total. The van der Waals surface area contributed by atoms with E-state index in [2.05, 4.69) is 20.5 Å². The van der Waals surface area contributed by atoms with Gasteiger partial charge in [0.25, 0.3) is 5.56 Å². The predicted molar refractivity (Wildman–Crippen MR) is 103 cm³/mol. The Morgan fingerprint density at radius 3 is 2.57 bits per heavy atom. The first kappa shape index (κ1) is 21.0. The summed E-state index contributed by atoms with van der Waals surface area (Å²) in [6, 6.07) is 11.7. The number of nitriles is 1. The molecule has 152 valence electrons. The fourth-order valence-corrected chi connectivity index (χ4v) is 2.72. The van der Waals surface area contributed by atoms with Crippen molar-refractivity contribution < 1.29 is 17.6 Å². The van der Waals surface area contributed by atoms with Crippen LogP contribution in [0.5, 0.6) is 0 Å². The van der Waals surface area contributed by atoms with Crippen LogP contribution in [0.25, 0.3) is 11.3 Å². The van der Waals surface area contributed by atoms with Crippen LogP contribution in [0.15, 0.2) is 52.4 Å². The number of hydrazone groups is 1. The fourth-order valence-electron chi connectivity index (χ4n) is 2.49. The lowest BCUT2D eigenvalue weighted by molar-refractivity contribution is -0.140. The Balaban J connectivity index is 1.93. The summed E-state index contributed by atoms with van der Waals surface area (Å²) in [4.78, 5) is 18.6. The first-order valence-electron chi connectivity index (χ1n) is 8.16. The third-order valence-electron chi connectivity index (χ3n) is 3.82. The molecule has 3 aromatic rings. The molecule has 0 bridgehead atoms. The molecule has 30 heavy (non-hydrogen) atoms. The van der Waals surface area contributed by atoms with Crippen LogP contribution < -0.4 is 11.0 Å². The number of hydrogen-bond acceptors (Lipinski definition) is 5. The maximum absolute atomic E-state index is 13.6. The molecule has 11 heteroatoms. The van der Waals surface area contributed by atoms with E-state index in [9.17, 15) is 27.6 Å². The van der Waals surface area contributed by atoms with Crippen LogP contribution in [0.3, 0.4) is 0 Å². The monoisotopic (exact) mass is 435 g/mol. The zero-order valence-corrected chi connectivity index (χ0v) is 15.5. The molecule has 0 unspecified atom stereocenters. The molecule has 0 atom stereocenters. The van der Waals surface area contributed by atoms with Crippen LogP contribution >= 0.6 is 11.6 Å². The smallest absolute Gasteiger partial charge is 0.290 e. The topological polar surface area (TPSA) is 93.9 Å². The van der Waals surface area contributed by atoms with Gasteiger partial charge in [-0.3, -0.25) is 9.78 Å². The number of anilines is 1. The van der Waals surface area contributed by atoms with Crippen LogP contribution in [-0.2, 0) is 6.18 Å². The maximum Gasteiger partial charge on any atom is 0.419 e. The number of benzene rings is 2. The largest absolute Gasteiger partial charge is 0.419 e. The number of hydrogen-bond donors (Lipinski definition) is 2. The van der Waals surface area contributed by atoms with Gasteiger partial charge in [0.05, 0.1) is 22.5 Å². The fraction of sp³-hybridized carbons (Fsp3) is 0.0526. The van der Waals surface area contributed by atoms with Crippen molar-refractivity contribution >= 4 is 23.8 Å². The first-order valence-corrected chi connectivity index (χ1v) is 8.53. The molecule has 0 fully saturated rings. The van der Waals surface area contributed by atoms with E-state index >= 15 is 0 Å². The van der Waals surface area contributed by atoms with Gasteiger partial charge in [-0.05, 0) is 17.7 Å². The molecule has 0 amide bonds. The Morgan fingerprint density at radius 1 is 1.23 bits per heavy atom. The van der Waals surface area contributed by atoms with E-state index in [-0.39, 0.29) is 22.8 Å². The van der Waals surface area contributed by atoms with E-state index in [0.29, 0.717) is 11.6 Å². The first-order chi connectivity index (χ1) is 14.2. The van der Waals surface area contributed by atoms with Crippen LogP contribution in [-0.4, -0.2) is 16.2 Å². The molecular formula is C19H10ClF4N5O. The zero-order valence-electron chi connectivity index (χ0n) is 14.8. The lowest BCUT2D eigenvalue weighted by Crippen LogP contribution is -2.16. The highest BCUT2D eigenvalue weighted by Crippen LogP contribution is 2.34. The average Bonchev–Trinajstić information content (AvgIpc) is 2.70. The third-order valence-corrected chi connectivity index (χ3v) is 4.09. The second kappa shape index (κ2) is 8.34. The van der Waals surface area contributed by atoms with Gasteiger partial charge in [-0.1, -0.05) is 41.9 Å². The summed E-state index contributed by atoms with van der Waals surface area (Å²) < 4.78 is 52.2. The number of aromatic nitrogens is 2. The molecule has 0 saturated carbocycles. The molecule has 0 aliphatic rings.